The molecule has 3 aromatic rings. The lowest BCUT2D eigenvalue weighted by molar-refractivity contribution is 0.0523. The molecular formula is C20H23ClN4O3S. The predicted molar refractivity (Wildman–Crippen MR) is 116 cm³/mol. The van der Waals surface area contributed by atoms with Gasteiger partial charge in [-0.15, -0.1) is 0 Å². The minimum Gasteiger partial charge on any atom is -0.444 e. The van der Waals surface area contributed by atoms with Crippen LogP contribution in [0.15, 0.2) is 29.2 Å². The topological polar surface area (TPSA) is 91.9 Å². The number of aromatic amines is 2. The minimum absolute atomic E-state index is 0.233. The lowest BCUT2D eigenvalue weighted by Gasteiger charge is -2.20. The quantitative estimate of drug-likeness (QED) is 0.530. The van der Waals surface area contributed by atoms with Crippen LogP contribution in [-0.4, -0.2) is 26.2 Å². The van der Waals surface area contributed by atoms with Gasteiger partial charge in [-0.25, -0.2) is 4.79 Å². The normalized spacial score (nSPS) is 11.6. The van der Waals surface area contributed by atoms with Gasteiger partial charge in [0, 0.05) is 17.8 Å². The van der Waals surface area contributed by atoms with Crippen molar-refractivity contribution < 1.29 is 9.53 Å². The van der Waals surface area contributed by atoms with E-state index in [-0.39, 0.29) is 12.1 Å². The number of H-pyrrole nitrogens is 2. The number of hydrogen-bond acceptors (Lipinski definition) is 4. The van der Waals surface area contributed by atoms with Gasteiger partial charge in [0.05, 0.1) is 12.1 Å². The summed E-state index contributed by atoms with van der Waals surface area (Å²) in [5, 5.41) is 3.26. The molecule has 2 aromatic heterocycles. The van der Waals surface area contributed by atoms with Crippen LogP contribution in [0.3, 0.4) is 0 Å². The summed E-state index contributed by atoms with van der Waals surface area (Å²) in [5.74, 6) is 0. The molecule has 3 rings (SSSR count). The maximum absolute atomic E-state index is 12.1. The molecule has 3 N–H and O–H groups in total. The molecule has 0 saturated heterocycles. The SMILES string of the molecule is Cc1c[nH]c2c(=O)[nH]c(=S)n(Cc3ccc(Cl)c(CNC(=O)OC(C)(C)C)c3)c12. The van der Waals surface area contributed by atoms with E-state index in [0.717, 1.165) is 22.2 Å². The summed E-state index contributed by atoms with van der Waals surface area (Å²) in [4.78, 5) is 29.7. The third-order valence-electron chi connectivity index (χ3n) is 4.28. The Labute approximate surface area is 178 Å². The molecular weight excluding hydrogens is 412 g/mol. The van der Waals surface area contributed by atoms with Crippen molar-refractivity contribution in [3.05, 3.63) is 61.2 Å². The number of fused-ring (bicyclic) bond motifs is 1. The van der Waals surface area contributed by atoms with Gasteiger partial charge in [-0.05, 0) is 62.7 Å². The third kappa shape index (κ3) is 4.89. The maximum Gasteiger partial charge on any atom is 0.407 e. The zero-order valence-electron chi connectivity index (χ0n) is 16.7. The Kier molecular flexibility index (Phi) is 5.86. The summed E-state index contributed by atoms with van der Waals surface area (Å²) in [6.45, 7) is 8.01. The number of nitrogens with zero attached hydrogens (tertiary/aromatic N) is 1. The molecule has 0 aliphatic rings. The summed E-state index contributed by atoms with van der Waals surface area (Å²) < 4.78 is 7.46. The van der Waals surface area contributed by atoms with E-state index in [2.05, 4.69) is 15.3 Å². The van der Waals surface area contributed by atoms with Crippen molar-refractivity contribution in [1.82, 2.24) is 19.9 Å². The van der Waals surface area contributed by atoms with Crippen molar-refractivity contribution in [3.8, 4) is 0 Å². The molecule has 9 heteroatoms. The molecule has 0 fully saturated rings. The summed E-state index contributed by atoms with van der Waals surface area (Å²) in [6, 6.07) is 5.57. The third-order valence-corrected chi connectivity index (χ3v) is 4.97. The van der Waals surface area contributed by atoms with Crippen molar-refractivity contribution >= 4 is 40.9 Å². The molecule has 29 heavy (non-hydrogen) atoms. The first-order valence-corrected chi connectivity index (χ1v) is 9.89. The van der Waals surface area contributed by atoms with E-state index in [4.69, 9.17) is 28.6 Å². The molecule has 0 aliphatic carbocycles. The number of rotatable bonds is 4. The van der Waals surface area contributed by atoms with Crippen LogP contribution in [0.4, 0.5) is 4.79 Å². The van der Waals surface area contributed by atoms with E-state index in [0.29, 0.717) is 21.9 Å². The summed E-state index contributed by atoms with van der Waals surface area (Å²) >= 11 is 11.7. The second kappa shape index (κ2) is 8.04. The van der Waals surface area contributed by atoms with E-state index in [1.807, 2.05) is 23.6 Å². The molecule has 0 radical (unpaired) electrons. The second-order valence-corrected chi connectivity index (χ2v) is 8.62. The second-order valence-electron chi connectivity index (χ2n) is 7.82. The molecule has 0 atom stereocenters. The first-order valence-electron chi connectivity index (χ1n) is 9.10. The van der Waals surface area contributed by atoms with Gasteiger partial charge in [0.15, 0.2) is 4.77 Å². The Morgan fingerprint density at radius 1 is 1.34 bits per heavy atom. The van der Waals surface area contributed by atoms with Gasteiger partial charge in [-0.1, -0.05) is 23.7 Å². The number of aromatic nitrogens is 3. The van der Waals surface area contributed by atoms with E-state index in [1.165, 1.54) is 0 Å². The molecule has 1 amide bonds. The molecule has 0 aliphatic heterocycles. The highest BCUT2D eigenvalue weighted by Crippen LogP contribution is 2.21. The van der Waals surface area contributed by atoms with Crippen LogP contribution in [0, 0.1) is 11.7 Å². The smallest absolute Gasteiger partial charge is 0.407 e. The molecule has 2 heterocycles. The first kappa shape index (κ1) is 21.1. The maximum atomic E-state index is 12.1. The Bertz CT molecular complexity index is 1190. The van der Waals surface area contributed by atoms with E-state index < -0.39 is 11.7 Å². The van der Waals surface area contributed by atoms with Crippen LogP contribution in [0.5, 0.6) is 0 Å². The van der Waals surface area contributed by atoms with Crippen molar-refractivity contribution in [2.24, 2.45) is 0 Å². The van der Waals surface area contributed by atoms with Crippen LogP contribution >= 0.6 is 23.8 Å². The van der Waals surface area contributed by atoms with Crippen LogP contribution in [0.2, 0.25) is 5.02 Å². The van der Waals surface area contributed by atoms with Crippen molar-refractivity contribution in [2.75, 3.05) is 0 Å². The van der Waals surface area contributed by atoms with Gasteiger partial charge in [0.25, 0.3) is 5.56 Å². The van der Waals surface area contributed by atoms with E-state index in [1.54, 1.807) is 33.0 Å². The average Bonchev–Trinajstić information content (AvgIpc) is 2.99. The summed E-state index contributed by atoms with van der Waals surface area (Å²) in [7, 11) is 0. The van der Waals surface area contributed by atoms with Crippen molar-refractivity contribution in [3.63, 3.8) is 0 Å². The van der Waals surface area contributed by atoms with Gasteiger partial charge in [-0.3, -0.25) is 9.78 Å². The lowest BCUT2D eigenvalue weighted by atomic mass is 10.1. The highest BCUT2D eigenvalue weighted by molar-refractivity contribution is 7.71. The van der Waals surface area contributed by atoms with Gasteiger partial charge in [0.1, 0.15) is 11.1 Å². The van der Waals surface area contributed by atoms with Crippen LogP contribution in [0.1, 0.15) is 37.5 Å². The Morgan fingerprint density at radius 2 is 2.07 bits per heavy atom. The highest BCUT2D eigenvalue weighted by Gasteiger charge is 2.16. The van der Waals surface area contributed by atoms with E-state index >= 15 is 0 Å². The number of hydrogen-bond donors (Lipinski definition) is 3. The minimum atomic E-state index is -0.573. The lowest BCUT2D eigenvalue weighted by Crippen LogP contribution is -2.32. The van der Waals surface area contributed by atoms with Crippen molar-refractivity contribution in [1.29, 1.82) is 0 Å². The Hall–Kier alpha value is -2.58. The van der Waals surface area contributed by atoms with Crippen LogP contribution in [0.25, 0.3) is 11.0 Å². The standard InChI is InChI=1S/C20H23ClN4O3S/c1-11-8-22-15-16(11)25(18(29)24-17(15)26)10-12-5-6-14(21)13(7-12)9-23-19(27)28-20(2,3)4/h5-8,22H,9-10H2,1-4H3,(H,23,27)(H,24,26,29). The van der Waals surface area contributed by atoms with Gasteiger partial charge in [0.2, 0.25) is 0 Å². The number of carbonyl (C=O) groups excluding carboxylic acids is 1. The molecule has 0 spiro atoms. The van der Waals surface area contributed by atoms with Gasteiger partial charge >= 0.3 is 6.09 Å². The molecule has 0 unspecified atom stereocenters. The number of ether oxygens (including phenoxy) is 1. The molecule has 0 bridgehead atoms. The highest BCUT2D eigenvalue weighted by atomic mass is 35.5. The number of nitrogens with one attached hydrogen (secondary N) is 3. The predicted octanol–water partition coefficient (Wildman–Crippen LogP) is 4.42. The zero-order chi connectivity index (χ0) is 21.3. The van der Waals surface area contributed by atoms with Gasteiger partial charge in [-0.2, -0.15) is 0 Å². The number of halogens is 1. The number of amides is 1. The number of alkyl carbamates (subject to hydrolysis) is 1. The van der Waals surface area contributed by atoms with Crippen LogP contribution in [-0.2, 0) is 17.8 Å². The van der Waals surface area contributed by atoms with Crippen LogP contribution < -0.4 is 10.9 Å². The molecule has 7 nitrogen and oxygen atoms in total. The summed E-state index contributed by atoms with van der Waals surface area (Å²) in [5.41, 5.74) is 3.05. The van der Waals surface area contributed by atoms with E-state index in [9.17, 15) is 9.59 Å². The summed E-state index contributed by atoms with van der Waals surface area (Å²) in [6.07, 6.45) is 1.27. The zero-order valence-corrected chi connectivity index (χ0v) is 18.3. The monoisotopic (exact) mass is 434 g/mol. The Morgan fingerprint density at radius 3 is 2.76 bits per heavy atom. The molecule has 0 saturated carbocycles. The van der Waals surface area contributed by atoms with Gasteiger partial charge < -0.3 is 19.6 Å². The Balaban J connectivity index is 1.87. The number of carbonyl (C=O) groups is 1. The molecule has 1 aromatic carbocycles. The largest absolute Gasteiger partial charge is 0.444 e. The van der Waals surface area contributed by atoms with Crippen molar-refractivity contribution in [2.45, 2.75) is 46.4 Å². The number of aryl methyl sites for hydroxylation is 1. The fraction of sp³-hybridized carbons (Fsp3) is 0.350. The first-order chi connectivity index (χ1) is 13.5. The number of benzene rings is 1. The average molecular weight is 435 g/mol. The fourth-order valence-corrected chi connectivity index (χ4v) is 3.47. The molecule has 154 valence electrons. The fourth-order valence-electron chi connectivity index (χ4n) is 3.04.